The highest BCUT2D eigenvalue weighted by Crippen LogP contribution is 2.12. The Balaban J connectivity index is 2.84. The van der Waals surface area contributed by atoms with Gasteiger partial charge in [-0.1, -0.05) is 13.8 Å². The van der Waals surface area contributed by atoms with Crippen molar-refractivity contribution in [3.8, 4) is 0 Å². The van der Waals surface area contributed by atoms with E-state index in [2.05, 4.69) is 10.1 Å². The van der Waals surface area contributed by atoms with E-state index in [-0.39, 0.29) is 5.92 Å². The van der Waals surface area contributed by atoms with Crippen molar-refractivity contribution in [1.82, 2.24) is 10.1 Å². The summed E-state index contributed by atoms with van der Waals surface area (Å²) >= 11 is 0. The Morgan fingerprint density at radius 3 is 2.90 bits per heavy atom. The van der Waals surface area contributed by atoms with Crippen molar-refractivity contribution in [3.05, 3.63) is 16.4 Å². The van der Waals surface area contributed by atoms with Gasteiger partial charge in [-0.15, -0.1) is 0 Å². The lowest BCUT2D eigenvalue weighted by Gasteiger charge is -1.97. The van der Waals surface area contributed by atoms with Gasteiger partial charge in [0, 0.05) is 5.92 Å². The lowest BCUT2D eigenvalue weighted by molar-refractivity contribution is 0.353. The molecule has 1 aromatic rings. The van der Waals surface area contributed by atoms with Crippen molar-refractivity contribution in [2.45, 2.75) is 26.2 Å². The minimum absolute atomic E-state index is 0.221. The highest BCUT2D eigenvalue weighted by Gasteiger charge is 2.08. The summed E-state index contributed by atoms with van der Waals surface area (Å²) in [7, 11) is 0. The van der Waals surface area contributed by atoms with Gasteiger partial charge in [0.25, 0.3) is 0 Å². The third kappa shape index (κ3) is 1.26. The van der Waals surface area contributed by atoms with E-state index in [0.29, 0.717) is 5.89 Å². The van der Waals surface area contributed by atoms with Crippen LogP contribution in [0.1, 0.15) is 32.1 Å². The standard InChI is InChI=1S/C6H10N2O2/c1-3-4(2)5-7-6(9)8-10-5/h4H,3H2,1-2H3,(H,8,9). The summed E-state index contributed by atoms with van der Waals surface area (Å²) in [5.74, 6) is 0.714. The smallest absolute Gasteiger partial charge is 0.362 e. The van der Waals surface area contributed by atoms with Crippen molar-refractivity contribution >= 4 is 0 Å². The SMILES string of the molecule is CCC(C)c1nc(=O)[nH]o1. The van der Waals surface area contributed by atoms with E-state index in [1.165, 1.54) is 0 Å². The van der Waals surface area contributed by atoms with Gasteiger partial charge in [0.05, 0.1) is 0 Å². The predicted molar refractivity (Wildman–Crippen MR) is 35.8 cm³/mol. The first-order valence-electron chi connectivity index (χ1n) is 3.29. The van der Waals surface area contributed by atoms with Gasteiger partial charge in [-0.25, -0.2) is 4.79 Å². The number of hydrogen-bond acceptors (Lipinski definition) is 3. The number of nitrogens with one attached hydrogen (secondary N) is 1. The molecule has 1 N–H and O–H groups in total. The quantitative estimate of drug-likeness (QED) is 0.666. The number of aromatic nitrogens is 2. The monoisotopic (exact) mass is 142 g/mol. The van der Waals surface area contributed by atoms with Crippen LogP contribution in [0.3, 0.4) is 0 Å². The fraction of sp³-hybridized carbons (Fsp3) is 0.667. The summed E-state index contributed by atoms with van der Waals surface area (Å²) in [4.78, 5) is 14.1. The minimum atomic E-state index is -0.407. The van der Waals surface area contributed by atoms with Gasteiger partial charge in [-0.05, 0) is 6.42 Å². The molecule has 0 fully saturated rings. The molecule has 4 heteroatoms. The average Bonchev–Trinajstić information content (AvgIpc) is 2.34. The molecule has 0 aliphatic carbocycles. The van der Waals surface area contributed by atoms with Crippen molar-refractivity contribution in [3.63, 3.8) is 0 Å². The second-order valence-corrected chi connectivity index (χ2v) is 2.27. The molecule has 0 aliphatic heterocycles. The first kappa shape index (κ1) is 7.05. The van der Waals surface area contributed by atoms with E-state index >= 15 is 0 Å². The van der Waals surface area contributed by atoms with Crippen molar-refractivity contribution in [2.75, 3.05) is 0 Å². The number of aromatic amines is 1. The van der Waals surface area contributed by atoms with Gasteiger partial charge in [-0.2, -0.15) is 10.1 Å². The van der Waals surface area contributed by atoms with Crippen molar-refractivity contribution in [1.29, 1.82) is 0 Å². The van der Waals surface area contributed by atoms with Gasteiger partial charge in [0.1, 0.15) is 0 Å². The number of H-pyrrole nitrogens is 1. The molecule has 0 spiro atoms. The van der Waals surface area contributed by atoms with Gasteiger partial charge in [0.15, 0.2) is 0 Å². The zero-order chi connectivity index (χ0) is 7.56. The largest absolute Gasteiger partial charge is 0.377 e. The van der Waals surface area contributed by atoms with Crippen LogP contribution in [0.15, 0.2) is 9.32 Å². The van der Waals surface area contributed by atoms with Gasteiger partial charge >= 0.3 is 5.69 Å². The van der Waals surface area contributed by atoms with E-state index in [4.69, 9.17) is 4.52 Å². The molecule has 1 heterocycles. The Morgan fingerprint density at radius 1 is 1.80 bits per heavy atom. The van der Waals surface area contributed by atoms with E-state index in [1.807, 2.05) is 13.8 Å². The van der Waals surface area contributed by atoms with E-state index < -0.39 is 5.69 Å². The molecule has 1 aromatic heterocycles. The second-order valence-electron chi connectivity index (χ2n) is 2.27. The maximum Gasteiger partial charge on any atom is 0.377 e. The molecule has 1 atom stereocenters. The maximum absolute atomic E-state index is 10.5. The Kier molecular flexibility index (Phi) is 1.89. The highest BCUT2D eigenvalue weighted by atomic mass is 16.5. The zero-order valence-corrected chi connectivity index (χ0v) is 6.05. The number of rotatable bonds is 2. The molecule has 0 bridgehead atoms. The van der Waals surface area contributed by atoms with Crippen LogP contribution in [0, 0.1) is 0 Å². The van der Waals surface area contributed by atoms with Crippen LogP contribution < -0.4 is 5.69 Å². The molecule has 0 aromatic carbocycles. The topological polar surface area (TPSA) is 58.9 Å². The lowest BCUT2D eigenvalue weighted by atomic mass is 10.1. The first-order valence-corrected chi connectivity index (χ1v) is 3.29. The van der Waals surface area contributed by atoms with Crippen LogP contribution in [0.5, 0.6) is 0 Å². The van der Waals surface area contributed by atoms with Crippen LogP contribution in [-0.4, -0.2) is 10.1 Å². The zero-order valence-electron chi connectivity index (χ0n) is 6.05. The van der Waals surface area contributed by atoms with Crippen LogP contribution >= 0.6 is 0 Å². The maximum atomic E-state index is 10.5. The van der Waals surface area contributed by atoms with E-state index in [9.17, 15) is 4.79 Å². The molecule has 0 saturated heterocycles. The Hall–Kier alpha value is -1.06. The summed E-state index contributed by atoms with van der Waals surface area (Å²) in [5, 5.41) is 2.14. The minimum Gasteiger partial charge on any atom is -0.362 e. The summed E-state index contributed by atoms with van der Waals surface area (Å²) in [6.07, 6.45) is 0.924. The molecule has 10 heavy (non-hydrogen) atoms. The van der Waals surface area contributed by atoms with E-state index in [0.717, 1.165) is 6.42 Å². The van der Waals surface area contributed by atoms with Gasteiger partial charge < -0.3 is 4.52 Å². The molecule has 0 aliphatic rings. The van der Waals surface area contributed by atoms with Gasteiger partial charge in [0.2, 0.25) is 5.89 Å². The molecule has 1 unspecified atom stereocenters. The van der Waals surface area contributed by atoms with Gasteiger partial charge in [-0.3, -0.25) is 0 Å². The highest BCUT2D eigenvalue weighted by molar-refractivity contribution is 4.84. The molecule has 0 saturated carbocycles. The first-order chi connectivity index (χ1) is 4.74. The summed E-state index contributed by atoms with van der Waals surface area (Å²) in [6.45, 7) is 3.97. The fourth-order valence-corrected chi connectivity index (χ4v) is 0.627. The molecule has 4 nitrogen and oxygen atoms in total. The Bertz CT molecular complexity index is 250. The number of nitrogens with zero attached hydrogens (tertiary/aromatic N) is 1. The molecular weight excluding hydrogens is 132 g/mol. The Morgan fingerprint density at radius 2 is 2.50 bits per heavy atom. The summed E-state index contributed by atoms with van der Waals surface area (Å²) < 4.78 is 4.77. The van der Waals surface area contributed by atoms with E-state index in [1.54, 1.807) is 0 Å². The molecular formula is C6H10N2O2. The predicted octanol–water partition coefficient (Wildman–Crippen LogP) is 0.876. The summed E-state index contributed by atoms with van der Waals surface area (Å²) in [5.41, 5.74) is -0.407. The van der Waals surface area contributed by atoms with Crippen LogP contribution in [0.4, 0.5) is 0 Å². The second kappa shape index (κ2) is 2.68. The van der Waals surface area contributed by atoms with Crippen LogP contribution in [0.25, 0.3) is 0 Å². The van der Waals surface area contributed by atoms with Crippen molar-refractivity contribution in [2.24, 2.45) is 0 Å². The Labute approximate surface area is 58.2 Å². The normalized spacial score (nSPS) is 13.4. The molecule has 1 rings (SSSR count). The van der Waals surface area contributed by atoms with Crippen molar-refractivity contribution < 1.29 is 4.52 Å². The molecule has 0 amide bonds. The molecule has 0 radical (unpaired) electrons. The number of hydrogen-bond donors (Lipinski definition) is 1. The third-order valence-electron chi connectivity index (χ3n) is 1.49. The van der Waals surface area contributed by atoms with Crippen LogP contribution in [-0.2, 0) is 0 Å². The third-order valence-corrected chi connectivity index (χ3v) is 1.49. The average molecular weight is 142 g/mol. The fourth-order valence-electron chi connectivity index (χ4n) is 0.627. The van der Waals surface area contributed by atoms with Crippen LogP contribution in [0.2, 0.25) is 0 Å². The summed E-state index contributed by atoms with van der Waals surface area (Å²) in [6, 6.07) is 0. The lowest BCUT2D eigenvalue weighted by Crippen LogP contribution is -2.02. The molecule has 56 valence electrons.